The molecule has 0 aromatic carbocycles. The molecule has 0 aliphatic carbocycles. The number of carbonyl (C=O) groups is 2. The molecule has 0 bridgehead atoms. The quantitative estimate of drug-likeness (QED) is 0.559. The van der Waals surface area contributed by atoms with Crippen molar-refractivity contribution < 1.29 is 9.59 Å². The topological polar surface area (TPSA) is 91.6 Å². The molecule has 3 rings (SSSR count). The van der Waals surface area contributed by atoms with Gasteiger partial charge in [-0.15, -0.1) is 0 Å². The molecule has 1 saturated heterocycles. The molecular formula is C17H22N6O2. The summed E-state index contributed by atoms with van der Waals surface area (Å²) >= 11 is 0. The van der Waals surface area contributed by atoms with E-state index in [0.717, 1.165) is 31.7 Å². The predicted octanol–water partition coefficient (Wildman–Crippen LogP) is 0.402. The molecule has 2 aromatic rings. The van der Waals surface area contributed by atoms with Crippen LogP contribution >= 0.6 is 0 Å². The molecule has 1 aliphatic heterocycles. The van der Waals surface area contributed by atoms with Gasteiger partial charge in [0.05, 0.1) is 12.2 Å². The van der Waals surface area contributed by atoms with Crippen LogP contribution in [0.2, 0.25) is 0 Å². The minimum atomic E-state index is -0.292. The number of aldehydes is 1. The summed E-state index contributed by atoms with van der Waals surface area (Å²) in [7, 11) is 1.78. The summed E-state index contributed by atoms with van der Waals surface area (Å²) in [4.78, 5) is 30.0. The Morgan fingerprint density at radius 2 is 2.20 bits per heavy atom. The van der Waals surface area contributed by atoms with Crippen LogP contribution in [0.25, 0.3) is 5.65 Å². The number of hydrogen-bond donors (Lipinski definition) is 2. The molecule has 1 atom stereocenters. The first-order valence-corrected chi connectivity index (χ1v) is 8.39. The minimum absolute atomic E-state index is 0.267. The zero-order valence-corrected chi connectivity index (χ0v) is 14.2. The van der Waals surface area contributed by atoms with Crippen molar-refractivity contribution in [2.75, 3.05) is 31.6 Å². The Kier molecular flexibility index (Phi) is 5.39. The van der Waals surface area contributed by atoms with E-state index < -0.39 is 0 Å². The number of hydrogen-bond acceptors (Lipinski definition) is 6. The zero-order chi connectivity index (χ0) is 17.6. The molecule has 1 fully saturated rings. The van der Waals surface area contributed by atoms with E-state index in [9.17, 15) is 9.59 Å². The van der Waals surface area contributed by atoms with E-state index in [1.165, 1.54) is 12.3 Å². The summed E-state index contributed by atoms with van der Waals surface area (Å²) in [6, 6.07) is 1.63. The van der Waals surface area contributed by atoms with Crippen molar-refractivity contribution in [3.8, 4) is 0 Å². The Hall–Kier alpha value is -2.74. The summed E-state index contributed by atoms with van der Waals surface area (Å²) in [5, 5.41) is 10.1. The summed E-state index contributed by atoms with van der Waals surface area (Å²) < 4.78 is 1.60. The van der Waals surface area contributed by atoms with E-state index in [0.29, 0.717) is 24.0 Å². The number of nitrogens with one attached hydrogen (secondary N) is 2. The number of anilines is 1. The number of carbonyl (C=O) groups excluding carboxylic acids is 2. The Bertz CT molecular complexity index is 779. The van der Waals surface area contributed by atoms with E-state index in [4.69, 9.17) is 0 Å². The van der Waals surface area contributed by atoms with Crippen LogP contribution in [0.3, 0.4) is 0 Å². The monoisotopic (exact) mass is 342 g/mol. The highest BCUT2D eigenvalue weighted by Crippen LogP contribution is 2.19. The first-order valence-electron chi connectivity index (χ1n) is 8.39. The predicted molar refractivity (Wildman–Crippen MR) is 94.8 cm³/mol. The lowest BCUT2D eigenvalue weighted by Gasteiger charge is -2.16. The van der Waals surface area contributed by atoms with Gasteiger partial charge in [0.2, 0.25) is 0 Å². The highest BCUT2D eigenvalue weighted by Gasteiger charge is 2.19. The maximum atomic E-state index is 12.6. The fourth-order valence-corrected chi connectivity index (χ4v) is 2.95. The molecule has 1 unspecified atom stereocenters. The summed E-state index contributed by atoms with van der Waals surface area (Å²) in [6.07, 6.45) is 9.38. The van der Waals surface area contributed by atoms with Crippen LogP contribution < -0.4 is 15.5 Å². The normalized spacial score (nSPS) is 15.8. The first-order chi connectivity index (χ1) is 12.2. The number of rotatable bonds is 7. The van der Waals surface area contributed by atoms with Gasteiger partial charge < -0.3 is 15.5 Å². The average Bonchev–Trinajstić information content (AvgIpc) is 3.28. The fourth-order valence-electron chi connectivity index (χ4n) is 2.95. The number of likely N-dealkylation sites (N-methyl/N-ethyl adjacent to an activating group) is 1. The Morgan fingerprint density at radius 3 is 2.92 bits per heavy atom. The smallest absolute Gasteiger partial charge is 0.257 e. The van der Waals surface area contributed by atoms with E-state index in [-0.39, 0.29) is 11.9 Å². The second-order valence-corrected chi connectivity index (χ2v) is 5.96. The average molecular weight is 342 g/mol. The van der Waals surface area contributed by atoms with Gasteiger partial charge in [-0.3, -0.25) is 9.59 Å². The van der Waals surface area contributed by atoms with Gasteiger partial charge in [0, 0.05) is 25.8 Å². The maximum Gasteiger partial charge on any atom is 0.257 e. The van der Waals surface area contributed by atoms with E-state index in [1.807, 2.05) is 12.3 Å². The van der Waals surface area contributed by atoms with E-state index in [2.05, 4.69) is 25.6 Å². The third-order valence-electron chi connectivity index (χ3n) is 4.19. The lowest BCUT2D eigenvalue weighted by atomic mass is 10.2. The van der Waals surface area contributed by atoms with Gasteiger partial charge >= 0.3 is 0 Å². The highest BCUT2D eigenvalue weighted by atomic mass is 16.1. The third kappa shape index (κ3) is 3.85. The molecule has 132 valence electrons. The van der Waals surface area contributed by atoms with Crippen LogP contribution in [0.1, 0.15) is 23.2 Å². The fraction of sp³-hybridized carbons (Fsp3) is 0.412. The molecule has 2 N–H and O–H groups in total. The van der Waals surface area contributed by atoms with Gasteiger partial charge in [-0.2, -0.15) is 5.10 Å². The van der Waals surface area contributed by atoms with Gasteiger partial charge in [-0.25, -0.2) is 9.50 Å². The van der Waals surface area contributed by atoms with Crippen molar-refractivity contribution >= 4 is 23.7 Å². The van der Waals surface area contributed by atoms with Crippen LogP contribution in [-0.4, -0.2) is 59.5 Å². The molecular weight excluding hydrogens is 320 g/mol. The Balaban J connectivity index is 1.83. The van der Waals surface area contributed by atoms with Crippen molar-refractivity contribution in [1.29, 1.82) is 0 Å². The molecule has 8 heteroatoms. The molecule has 2 aromatic heterocycles. The van der Waals surface area contributed by atoms with Gasteiger partial charge in [0.1, 0.15) is 17.7 Å². The lowest BCUT2D eigenvalue weighted by Crippen LogP contribution is -2.39. The number of amides is 1. The number of nitrogens with zero attached hydrogens (tertiary/aromatic N) is 4. The molecule has 0 saturated carbocycles. The van der Waals surface area contributed by atoms with E-state index >= 15 is 0 Å². The van der Waals surface area contributed by atoms with Crippen LogP contribution in [0, 0.1) is 0 Å². The molecule has 25 heavy (non-hydrogen) atoms. The van der Waals surface area contributed by atoms with Crippen molar-refractivity contribution in [2.24, 2.45) is 0 Å². The molecule has 1 amide bonds. The largest absolute Gasteiger partial charge is 0.357 e. The molecule has 8 nitrogen and oxygen atoms in total. The second kappa shape index (κ2) is 7.89. The van der Waals surface area contributed by atoms with Crippen LogP contribution in [0.15, 0.2) is 30.6 Å². The SMILES string of the molecule is CNCC(/C=C\C=O)NC(=O)c1cnn2ccc(N3CCCC3)nc12. The van der Waals surface area contributed by atoms with Crippen molar-refractivity contribution in [3.05, 3.63) is 36.2 Å². The van der Waals surface area contributed by atoms with Crippen molar-refractivity contribution in [1.82, 2.24) is 25.2 Å². The Labute approximate surface area is 145 Å². The third-order valence-corrected chi connectivity index (χ3v) is 4.19. The van der Waals surface area contributed by atoms with Crippen molar-refractivity contribution in [3.63, 3.8) is 0 Å². The van der Waals surface area contributed by atoms with Gasteiger partial charge in [-0.1, -0.05) is 6.08 Å². The van der Waals surface area contributed by atoms with Gasteiger partial charge in [0.25, 0.3) is 5.91 Å². The minimum Gasteiger partial charge on any atom is -0.357 e. The zero-order valence-electron chi connectivity index (χ0n) is 14.2. The lowest BCUT2D eigenvalue weighted by molar-refractivity contribution is -0.104. The van der Waals surface area contributed by atoms with E-state index in [1.54, 1.807) is 17.6 Å². The Morgan fingerprint density at radius 1 is 1.40 bits per heavy atom. The number of fused-ring (bicyclic) bond motifs is 1. The van der Waals surface area contributed by atoms with Crippen LogP contribution in [-0.2, 0) is 4.79 Å². The first kappa shape index (κ1) is 17.1. The van der Waals surface area contributed by atoms with Crippen LogP contribution in [0.5, 0.6) is 0 Å². The highest BCUT2D eigenvalue weighted by molar-refractivity contribution is 6.00. The second-order valence-electron chi connectivity index (χ2n) is 5.96. The number of allylic oxidation sites excluding steroid dienone is 1. The summed E-state index contributed by atoms with van der Waals surface area (Å²) in [6.45, 7) is 2.49. The molecule has 0 spiro atoms. The maximum absolute atomic E-state index is 12.6. The van der Waals surface area contributed by atoms with Crippen molar-refractivity contribution in [2.45, 2.75) is 18.9 Å². The molecule has 0 radical (unpaired) electrons. The van der Waals surface area contributed by atoms with Gasteiger partial charge in [-0.05, 0) is 32.0 Å². The standard InChI is InChI=1S/C17H22N6O2/c1-18-11-13(5-4-10-24)20-17(25)14-12-19-23-9-6-15(21-16(14)23)22-7-2-3-8-22/h4-6,9-10,12-13,18H,2-3,7-8,11H2,1H3,(H,20,25)/b5-4-. The molecule has 1 aliphatic rings. The van der Waals surface area contributed by atoms with Crippen LogP contribution in [0.4, 0.5) is 5.82 Å². The van der Waals surface area contributed by atoms with Gasteiger partial charge in [0.15, 0.2) is 5.65 Å². The summed E-state index contributed by atoms with van der Waals surface area (Å²) in [5.41, 5.74) is 0.950. The number of aromatic nitrogens is 3. The summed E-state index contributed by atoms with van der Waals surface area (Å²) in [5.74, 6) is 0.601. The molecule has 3 heterocycles.